The fraction of sp³-hybridized carbons (Fsp3) is 0.375. The zero-order chi connectivity index (χ0) is 13.0. The Hall–Kier alpha value is -1.54. The second kappa shape index (κ2) is 5.87. The van der Waals surface area contributed by atoms with Crippen LogP contribution in [0.3, 0.4) is 0 Å². The van der Waals surface area contributed by atoms with Crippen LogP contribution >= 0.6 is 0 Å². The van der Waals surface area contributed by atoms with Gasteiger partial charge in [0.05, 0.1) is 0 Å². The number of aromatic nitrogens is 1. The molecule has 0 spiro atoms. The Morgan fingerprint density at radius 3 is 2.28 bits per heavy atom. The maximum Gasteiger partial charge on any atom is 0.0453 e. The van der Waals surface area contributed by atoms with E-state index >= 15 is 0 Å². The molecule has 1 heterocycles. The van der Waals surface area contributed by atoms with Crippen molar-refractivity contribution in [2.75, 3.05) is 13.1 Å². The molecule has 0 unspecified atom stereocenters. The standard InChI is InChI=1S/C16H22N2/c1-4-17(5-2)13-16-7-6-12-18(16)15-10-8-14(3)9-11-15/h6-12H,4-5,13H2,1-3H3. The zero-order valence-corrected chi connectivity index (χ0v) is 11.6. The van der Waals surface area contributed by atoms with Crippen LogP contribution in [0.4, 0.5) is 0 Å². The van der Waals surface area contributed by atoms with E-state index in [1.807, 2.05) is 0 Å². The Morgan fingerprint density at radius 1 is 1.00 bits per heavy atom. The van der Waals surface area contributed by atoms with Crippen molar-refractivity contribution in [3.05, 3.63) is 53.9 Å². The molecule has 2 nitrogen and oxygen atoms in total. The summed E-state index contributed by atoms with van der Waals surface area (Å²) in [6.45, 7) is 9.74. The molecule has 96 valence electrons. The Morgan fingerprint density at radius 2 is 1.67 bits per heavy atom. The van der Waals surface area contributed by atoms with Gasteiger partial charge in [-0.3, -0.25) is 4.90 Å². The molecule has 0 N–H and O–H groups in total. The predicted octanol–water partition coefficient (Wildman–Crippen LogP) is 3.63. The second-order valence-corrected chi connectivity index (χ2v) is 4.67. The average Bonchev–Trinajstić information content (AvgIpc) is 2.85. The van der Waals surface area contributed by atoms with E-state index in [-0.39, 0.29) is 0 Å². The molecule has 2 rings (SSSR count). The number of nitrogens with zero attached hydrogens (tertiary/aromatic N) is 2. The van der Waals surface area contributed by atoms with Gasteiger partial charge < -0.3 is 4.57 Å². The highest BCUT2D eigenvalue weighted by Gasteiger charge is 2.06. The molecule has 0 bridgehead atoms. The van der Waals surface area contributed by atoms with Crippen molar-refractivity contribution in [3.63, 3.8) is 0 Å². The molecule has 0 saturated carbocycles. The van der Waals surface area contributed by atoms with Crippen LogP contribution in [0.5, 0.6) is 0 Å². The van der Waals surface area contributed by atoms with E-state index in [0.29, 0.717) is 0 Å². The molecule has 1 aromatic carbocycles. The minimum absolute atomic E-state index is 1.01. The average molecular weight is 242 g/mol. The third-order valence-electron chi connectivity index (χ3n) is 3.43. The van der Waals surface area contributed by atoms with Crippen molar-refractivity contribution in [1.82, 2.24) is 9.47 Å². The summed E-state index contributed by atoms with van der Waals surface area (Å²) in [6.07, 6.45) is 2.14. The molecule has 0 amide bonds. The van der Waals surface area contributed by atoms with Gasteiger partial charge in [0.15, 0.2) is 0 Å². The van der Waals surface area contributed by atoms with Crippen molar-refractivity contribution in [3.8, 4) is 5.69 Å². The molecule has 18 heavy (non-hydrogen) atoms. The minimum Gasteiger partial charge on any atom is -0.320 e. The van der Waals surface area contributed by atoms with Crippen molar-refractivity contribution >= 4 is 0 Å². The van der Waals surface area contributed by atoms with Gasteiger partial charge in [0.1, 0.15) is 0 Å². The fourth-order valence-electron chi connectivity index (χ4n) is 2.18. The zero-order valence-electron chi connectivity index (χ0n) is 11.6. The number of aryl methyl sites for hydroxylation is 1. The van der Waals surface area contributed by atoms with Gasteiger partial charge in [0.25, 0.3) is 0 Å². The Bertz CT molecular complexity index is 478. The van der Waals surface area contributed by atoms with Crippen molar-refractivity contribution < 1.29 is 0 Å². The SMILES string of the molecule is CCN(CC)Cc1cccn1-c1ccc(C)cc1. The fourth-order valence-corrected chi connectivity index (χ4v) is 2.18. The first-order chi connectivity index (χ1) is 8.74. The molecule has 1 aromatic heterocycles. The molecular formula is C16H22N2. The van der Waals surface area contributed by atoms with Gasteiger partial charge >= 0.3 is 0 Å². The summed E-state index contributed by atoms with van der Waals surface area (Å²) in [7, 11) is 0. The maximum absolute atomic E-state index is 2.43. The quantitative estimate of drug-likeness (QED) is 0.777. The number of hydrogen-bond acceptors (Lipinski definition) is 1. The number of hydrogen-bond donors (Lipinski definition) is 0. The largest absolute Gasteiger partial charge is 0.320 e. The first-order valence-corrected chi connectivity index (χ1v) is 6.70. The first kappa shape index (κ1) is 12.9. The summed E-state index contributed by atoms with van der Waals surface area (Å²) < 4.78 is 2.28. The monoisotopic (exact) mass is 242 g/mol. The van der Waals surface area contributed by atoms with Gasteiger partial charge in [-0.2, -0.15) is 0 Å². The molecular weight excluding hydrogens is 220 g/mol. The van der Waals surface area contributed by atoms with Gasteiger partial charge in [-0.05, 0) is 44.3 Å². The van der Waals surface area contributed by atoms with E-state index in [2.05, 4.69) is 72.8 Å². The summed E-state index contributed by atoms with van der Waals surface area (Å²) in [5.74, 6) is 0. The van der Waals surface area contributed by atoms with E-state index in [0.717, 1.165) is 19.6 Å². The van der Waals surface area contributed by atoms with Crippen LogP contribution in [0.15, 0.2) is 42.6 Å². The summed E-state index contributed by atoms with van der Waals surface area (Å²) in [5.41, 5.74) is 3.89. The van der Waals surface area contributed by atoms with Crippen LogP contribution in [0, 0.1) is 6.92 Å². The summed E-state index contributed by atoms with van der Waals surface area (Å²) in [5, 5.41) is 0. The second-order valence-electron chi connectivity index (χ2n) is 4.67. The van der Waals surface area contributed by atoms with Crippen LogP contribution in [-0.4, -0.2) is 22.6 Å². The highest BCUT2D eigenvalue weighted by Crippen LogP contribution is 2.15. The Balaban J connectivity index is 2.24. The van der Waals surface area contributed by atoms with E-state index in [1.54, 1.807) is 0 Å². The molecule has 0 aliphatic carbocycles. The van der Waals surface area contributed by atoms with Crippen LogP contribution in [0.1, 0.15) is 25.1 Å². The third-order valence-corrected chi connectivity index (χ3v) is 3.43. The van der Waals surface area contributed by atoms with Gasteiger partial charge in [-0.25, -0.2) is 0 Å². The van der Waals surface area contributed by atoms with Crippen LogP contribution in [0.2, 0.25) is 0 Å². The highest BCUT2D eigenvalue weighted by molar-refractivity contribution is 5.37. The maximum atomic E-state index is 2.43. The van der Waals surface area contributed by atoms with Crippen LogP contribution in [0.25, 0.3) is 5.69 Å². The lowest BCUT2D eigenvalue weighted by molar-refractivity contribution is 0.290. The lowest BCUT2D eigenvalue weighted by Gasteiger charge is -2.19. The normalized spacial score (nSPS) is 11.1. The molecule has 0 saturated heterocycles. The van der Waals surface area contributed by atoms with Gasteiger partial charge in [-0.1, -0.05) is 31.5 Å². The Labute approximate surface area is 110 Å². The van der Waals surface area contributed by atoms with E-state index < -0.39 is 0 Å². The molecule has 0 radical (unpaired) electrons. The van der Waals surface area contributed by atoms with Crippen LogP contribution < -0.4 is 0 Å². The lowest BCUT2D eigenvalue weighted by Crippen LogP contribution is -2.23. The third kappa shape index (κ3) is 2.82. The summed E-state index contributed by atoms with van der Waals surface area (Å²) in [4.78, 5) is 2.43. The van der Waals surface area contributed by atoms with E-state index in [9.17, 15) is 0 Å². The van der Waals surface area contributed by atoms with E-state index in [1.165, 1.54) is 16.9 Å². The topological polar surface area (TPSA) is 8.17 Å². The van der Waals surface area contributed by atoms with Crippen molar-refractivity contribution in [2.45, 2.75) is 27.3 Å². The van der Waals surface area contributed by atoms with Gasteiger partial charge in [-0.15, -0.1) is 0 Å². The molecule has 0 atom stereocenters. The minimum atomic E-state index is 1.01. The number of rotatable bonds is 5. The predicted molar refractivity (Wildman–Crippen MR) is 77.1 cm³/mol. The molecule has 0 fully saturated rings. The van der Waals surface area contributed by atoms with Crippen LogP contribution in [-0.2, 0) is 6.54 Å². The van der Waals surface area contributed by atoms with Gasteiger partial charge in [0, 0.05) is 24.1 Å². The van der Waals surface area contributed by atoms with Crippen molar-refractivity contribution in [1.29, 1.82) is 0 Å². The smallest absolute Gasteiger partial charge is 0.0453 e. The van der Waals surface area contributed by atoms with Crippen molar-refractivity contribution in [2.24, 2.45) is 0 Å². The first-order valence-electron chi connectivity index (χ1n) is 6.70. The highest BCUT2D eigenvalue weighted by atomic mass is 15.1. The number of benzene rings is 1. The lowest BCUT2D eigenvalue weighted by atomic mass is 10.2. The summed E-state index contributed by atoms with van der Waals surface area (Å²) >= 11 is 0. The molecule has 0 aliphatic heterocycles. The van der Waals surface area contributed by atoms with E-state index in [4.69, 9.17) is 0 Å². The van der Waals surface area contributed by atoms with Gasteiger partial charge in [0.2, 0.25) is 0 Å². The molecule has 0 aliphatic rings. The molecule has 2 heteroatoms. The molecule has 2 aromatic rings. The summed E-state index contributed by atoms with van der Waals surface area (Å²) in [6, 6.07) is 13.0. The Kier molecular flexibility index (Phi) is 4.21.